The van der Waals surface area contributed by atoms with Crippen LogP contribution >= 0.6 is 0 Å². The van der Waals surface area contributed by atoms with Gasteiger partial charge in [0.15, 0.2) is 23.0 Å². The highest BCUT2D eigenvalue weighted by molar-refractivity contribution is 5.93. The van der Waals surface area contributed by atoms with E-state index in [2.05, 4.69) is 39.1 Å². The third-order valence-electron chi connectivity index (χ3n) is 4.40. The Morgan fingerprint density at radius 2 is 0.974 bits per heavy atom. The molecule has 0 spiro atoms. The Hall–Kier alpha value is -4.96. The summed E-state index contributed by atoms with van der Waals surface area (Å²) in [6.45, 7) is -0.586. The van der Waals surface area contributed by atoms with Crippen LogP contribution in [-0.2, 0) is 39.1 Å². The summed E-state index contributed by atoms with van der Waals surface area (Å²) in [6, 6.07) is 8.84. The van der Waals surface area contributed by atoms with Gasteiger partial charge in [0.05, 0.1) is 51.7 Å². The highest BCUT2D eigenvalue weighted by Gasteiger charge is 2.21. The summed E-state index contributed by atoms with van der Waals surface area (Å²) in [5.74, 6) is -1.40. The molecule has 0 aromatic heterocycles. The fourth-order valence-corrected chi connectivity index (χ4v) is 2.75. The fraction of sp³-hybridized carbons (Fsp3) is 0.304. The van der Waals surface area contributed by atoms with E-state index in [9.17, 15) is 19.2 Å². The number of methoxy groups -OCH3 is 4. The SMILES string of the molecule is COc1cccc(C(=O)OOOC(=O)OCCCOC(=O)OOOC(=O)c2cccc(OC)c2OC)c1OC. The number of ether oxygens (including phenoxy) is 6. The summed E-state index contributed by atoms with van der Waals surface area (Å²) < 4.78 is 29.5. The minimum atomic E-state index is -1.36. The van der Waals surface area contributed by atoms with Gasteiger partial charge < -0.3 is 28.4 Å². The lowest BCUT2D eigenvalue weighted by atomic mass is 10.2. The van der Waals surface area contributed by atoms with Crippen molar-refractivity contribution in [3.05, 3.63) is 47.5 Å². The van der Waals surface area contributed by atoms with Gasteiger partial charge in [-0.25, -0.2) is 29.0 Å². The molecule has 0 aliphatic carbocycles. The highest BCUT2D eigenvalue weighted by atomic mass is 17.5. The van der Waals surface area contributed by atoms with Crippen molar-refractivity contribution in [2.45, 2.75) is 6.42 Å². The Morgan fingerprint density at radius 3 is 1.33 bits per heavy atom. The minimum Gasteiger partial charge on any atom is -0.493 e. The molecule has 0 amide bonds. The molecular weight excluding hydrogens is 532 g/mol. The first-order valence-corrected chi connectivity index (χ1v) is 10.7. The number of para-hydroxylation sites is 2. The van der Waals surface area contributed by atoms with Crippen LogP contribution in [0.5, 0.6) is 23.0 Å². The summed E-state index contributed by atoms with van der Waals surface area (Å²) in [5.41, 5.74) is -0.117. The van der Waals surface area contributed by atoms with E-state index >= 15 is 0 Å². The molecule has 2 rings (SSSR count). The van der Waals surface area contributed by atoms with Crippen LogP contribution in [0.3, 0.4) is 0 Å². The number of carbonyl (C=O) groups excluding carboxylic acids is 4. The second kappa shape index (κ2) is 16.0. The van der Waals surface area contributed by atoms with E-state index in [-0.39, 0.29) is 53.8 Å². The van der Waals surface area contributed by atoms with E-state index in [0.29, 0.717) is 0 Å². The Balaban J connectivity index is 1.59. The van der Waals surface area contributed by atoms with Crippen LogP contribution < -0.4 is 18.9 Å². The normalized spacial score (nSPS) is 9.95. The molecule has 16 heteroatoms. The average Bonchev–Trinajstić information content (AvgIpc) is 2.95. The smallest absolute Gasteiger partial charge is 0.493 e. The van der Waals surface area contributed by atoms with E-state index in [4.69, 9.17) is 18.9 Å². The van der Waals surface area contributed by atoms with Crippen LogP contribution in [0.1, 0.15) is 27.1 Å². The summed E-state index contributed by atoms with van der Waals surface area (Å²) in [7, 11) is 5.39. The standard InChI is InChI=1S/C23H24O16/c1-28-16-10-5-8-14(18(16)30-3)20(24)34-38-36-22(26)32-12-7-13-33-23(27)37-39-35-21(25)15-9-6-11-17(29-2)19(15)31-4/h5-6,8-11H,7,12-13H2,1-4H3. The molecule has 0 saturated heterocycles. The summed E-state index contributed by atoms with van der Waals surface area (Å²) in [4.78, 5) is 64.0. The molecule has 0 N–H and O–H groups in total. The van der Waals surface area contributed by atoms with Crippen LogP contribution in [0.4, 0.5) is 9.59 Å². The molecule has 0 atom stereocenters. The third kappa shape index (κ3) is 9.13. The topological polar surface area (TPSA) is 179 Å². The molecule has 212 valence electrons. The fourth-order valence-electron chi connectivity index (χ4n) is 2.75. The number of rotatable bonds is 14. The van der Waals surface area contributed by atoms with Crippen molar-refractivity contribution in [1.82, 2.24) is 0 Å². The van der Waals surface area contributed by atoms with Gasteiger partial charge in [0.25, 0.3) is 0 Å². The molecule has 0 aliphatic rings. The lowest BCUT2D eigenvalue weighted by Crippen LogP contribution is -2.15. The minimum absolute atomic E-state index is 0.00814. The van der Waals surface area contributed by atoms with E-state index in [1.165, 1.54) is 52.7 Å². The molecule has 0 bridgehead atoms. The molecule has 2 aromatic rings. The highest BCUT2D eigenvalue weighted by Crippen LogP contribution is 2.32. The molecule has 0 aliphatic heterocycles. The Kier molecular flexibility index (Phi) is 12.4. The average molecular weight is 556 g/mol. The second-order valence-corrected chi connectivity index (χ2v) is 6.68. The Labute approximate surface area is 220 Å². The Morgan fingerprint density at radius 1 is 0.564 bits per heavy atom. The molecule has 0 unspecified atom stereocenters. The van der Waals surface area contributed by atoms with Crippen LogP contribution in [0, 0.1) is 0 Å². The molecule has 0 heterocycles. The van der Waals surface area contributed by atoms with E-state index in [1.807, 2.05) is 0 Å². The van der Waals surface area contributed by atoms with Crippen molar-refractivity contribution >= 4 is 24.2 Å². The van der Waals surface area contributed by atoms with Crippen molar-refractivity contribution in [1.29, 1.82) is 0 Å². The first-order chi connectivity index (χ1) is 18.9. The van der Waals surface area contributed by atoms with Crippen LogP contribution in [0.2, 0.25) is 0 Å². The van der Waals surface area contributed by atoms with Crippen molar-refractivity contribution < 1.29 is 77.2 Å². The second-order valence-electron chi connectivity index (χ2n) is 6.68. The van der Waals surface area contributed by atoms with Gasteiger partial charge in [-0.3, -0.25) is 9.78 Å². The third-order valence-corrected chi connectivity index (χ3v) is 4.40. The van der Waals surface area contributed by atoms with Gasteiger partial charge in [-0.15, -0.1) is 0 Å². The van der Waals surface area contributed by atoms with Gasteiger partial charge in [0, 0.05) is 6.42 Å². The van der Waals surface area contributed by atoms with E-state index < -0.39 is 24.2 Å². The quantitative estimate of drug-likeness (QED) is 0.143. The molecule has 16 nitrogen and oxygen atoms in total. The van der Waals surface area contributed by atoms with Crippen LogP contribution in [-0.4, -0.2) is 65.9 Å². The molecule has 0 fully saturated rings. The zero-order valence-electron chi connectivity index (χ0n) is 21.1. The van der Waals surface area contributed by atoms with Gasteiger partial charge in [-0.1, -0.05) is 12.1 Å². The van der Waals surface area contributed by atoms with Gasteiger partial charge in [-0.05, 0) is 24.3 Å². The zero-order valence-corrected chi connectivity index (χ0v) is 21.1. The number of carbonyl (C=O) groups is 4. The van der Waals surface area contributed by atoms with E-state index in [1.54, 1.807) is 12.1 Å². The zero-order chi connectivity index (χ0) is 28.6. The van der Waals surface area contributed by atoms with Gasteiger partial charge in [0.1, 0.15) is 11.1 Å². The molecule has 2 aromatic carbocycles. The molecule has 0 radical (unpaired) electrons. The largest absolute Gasteiger partial charge is 0.543 e. The predicted octanol–water partition coefficient (Wildman–Crippen LogP) is 3.12. The maximum atomic E-state index is 12.1. The van der Waals surface area contributed by atoms with Crippen molar-refractivity contribution in [3.8, 4) is 23.0 Å². The van der Waals surface area contributed by atoms with Gasteiger partial charge in [-0.2, -0.15) is 0 Å². The first kappa shape index (κ1) is 30.3. The van der Waals surface area contributed by atoms with Crippen molar-refractivity contribution in [2.75, 3.05) is 41.7 Å². The van der Waals surface area contributed by atoms with Crippen LogP contribution in [0.25, 0.3) is 0 Å². The maximum Gasteiger partial charge on any atom is 0.543 e. The van der Waals surface area contributed by atoms with E-state index in [0.717, 1.165) is 0 Å². The predicted molar refractivity (Wildman–Crippen MR) is 122 cm³/mol. The molecule has 0 saturated carbocycles. The number of hydrogen-bond acceptors (Lipinski definition) is 16. The summed E-state index contributed by atoms with van der Waals surface area (Å²) in [6.07, 6.45) is -2.72. The Bertz CT molecular complexity index is 1040. The first-order valence-electron chi connectivity index (χ1n) is 10.7. The van der Waals surface area contributed by atoms with Crippen molar-refractivity contribution in [3.63, 3.8) is 0 Å². The monoisotopic (exact) mass is 556 g/mol. The van der Waals surface area contributed by atoms with Gasteiger partial charge in [0.2, 0.25) is 0 Å². The lowest BCUT2D eigenvalue weighted by molar-refractivity contribution is -0.452. The maximum absolute atomic E-state index is 12.1. The van der Waals surface area contributed by atoms with Gasteiger partial charge >= 0.3 is 24.2 Å². The summed E-state index contributed by atoms with van der Waals surface area (Å²) in [5, 5.41) is 8.21. The molecular formula is C23H24O16. The van der Waals surface area contributed by atoms with Crippen LogP contribution in [0.15, 0.2) is 36.4 Å². The van der Waals surface area contributed by atoms with Crippen molar-refractivity contribution in [2.24, 2.45) is 0 Å². The number of benzene rings is 2. The lowest BCUT2D eigenvalue weighted by Gasteiger charge is -2.10. The number of hydrogen-bond donors (Lipinski definition) is 0. The molecule has 39 heavy (non-hydrogen) atoms. The summed E-state index contributed by atoms with van der Waals surface area (Å²) >= 11 is 0.